The van der Waals surface area contributed by atoms with E-state index in [1.807, 2.05) is 0 Å². The van der Waals surface area contributed by atoms with Gasteiger partial charge in [-0.25, -0.2) is 0 Å². The van der Waals surface area contributed by atoms with Crippen LogP contribution in [0.2, 0.25) is 0 Å². The van der Waals surface area contributed by atoms with Gasteiger partial charge in [0.25, 0.3) is 17.5 Å². The Hall–Kier alpha value is -3.96. The molecule has 0 fully saturated rings. The number of hydrogen-bond acceptors (Lipinski definition) is 5. The number of nitro groups is 1. The van der Waals surface area contributed by atoms with Gasteiger partial charge in [0.05, 0.1) is 10.4 Å². The highest BCUT2D eigenvalue weighted by molar-refractivity contribution is 6.12. The number of fused-ring (bicyclic) bond motifs is 1. The molecule has 0 saturated heterocycles. The summed E-state index contributed by atoms with van der Waals surface area (Å²) in [4.78, 5) is 34.9. The molecule has 0 radical (unpaired) electrons. The van der Waals surface area contributed by atoms with Crippen LogP contribution in [0.15, 0.2) is 36.4 Å². The normalized spacial score (nSPS) is 11.3. The SMILES string of the molecule is Cc1ccc(C(=O)NCC(F)(F)F)cc1NC(=O)c1n[nH]c2ccc([N+](=O)[O-])cc12. The van der Waals surface area contributed by atoms with Crippen molar-refractivity contribution in [2.75, 3.05) is 11.9 Å². The maximum atomic E-state index is 12.6. The number of amides is 2. The molecule has 12 heteroatoms. The molecule has 2 aromatic carbocycles. The van der Waals surface area contributed by atoms with Crippen LogP contribution in [-0.4, -0.2) is 39.7 Å². The van der Waals surface area contributed by atoms with E-state index in [9.17, 15) is 32.9 Å². The topological polar surface area (TPSA) is 130 Å². The van der Waals surface area contributed by atoms with Crippen molar-refractivity contribution in [3.05, 3.63) is 63.3 Å². The number of nitrogens with one attached hydrogen (secondary N) is 3. The van der Waals surface area contributed by atoms with Crippen LogP contribution < -0.4 is 10.6 Å². The van der Waals surface area contributed by atoms with E-state index in [4.69, 9.17) is 0 Å². The van der Waals surface area contributed by atoms with E-state index >= 15 is 0 Å². The second-order valence-corrected chi connectivity index (χ2v) is 6.34. The van der Waals surface area contributed by atoms with Gasteiger partial charge in [-0.15, -0.1) is 0 Å². The highest BCUT2D eigenvalue weighted by Crippen LogP contribution is 2.24. The highest BCUT2D eigenvalue weighted by Gasteiger charge is 2.28. The van der Waals surface area contributed by atoms with Crippen molar-refractivity contribution >= 4 is 34.1 Å². The van der Waals surface area contributed by atoms with Crippen molar-refractivity contribution in [2.24, 2.45) is 0 Å². The number of aryl methyl sites for hydroxylation is 1. The number of benzene rings is 2. The summed E-state index contributed by atoms with van der Waals surface area (Å²) in [6.07, 6.45) is -4.55. The number of anilines is 1. The summed E-state index contributed by atoms with van der Waals surface area (Å²) in [5, 5.41) is 21.9. The Morgan fingerprint density at radius 2 is 1.90 bits per heavy atom. The van der Waals surface area contributed by atoms with Crippen LogP contribution >= 0.6 is 0 Å². The molecular formula is C18H14F3N5O4. The lowest BCUT2D eigenvalue weighted by atomic mass is 10.1. The molecule has 156 valence electrons. The summed E-state index contributed by atoms with van der Waals surface area (Å²) < 4.78 is 36.9. The molecule has 1 aromatic heterocycles. The lowest BCUT2D eigenvalue weighted by Gasteiger charge is -2.11. The number of non-ortho nitro benzene ring substituents is 1. The predicted octanol–water partition coefficient (Wildman–Crippen LogP) is 3.32. The quantitative estimate of drug-likeness (QED) is 0.430. The molecule has 30 heavy (non-hydrogen) atoms. The molecule has 9 nitrogen and oxygen atoms in total. The number of nitrogens with zero attached hydrogens (tertiary/aromatic N) is 2. The fraction of sp³-hybridized carbons (Fsp3) is 0.167. The fourth-order valence-corrected chi connectivity index (χ4v) is 2.65. The molecule has 0 spiro atoms. The number of aromatic nitrogens is 2. The molecule has 1 heterocycles. The number of carbonyl (C=O) groups is 2. The first-order chi connectivity index (χ1) is 14.0. The summed E-state index contributed by atoms with van der Waals surface area (Å²) in [7, 11) is 0. The lowest BCUT2D eigenvalue weighted by molar-refractivity contribution is -0.384. The minimum Gasteiger partial charge on any atom is -0.343 e. The van der Waals surface area contributed by atoms with Gasteiger partial charge in [0.15, 0.2) is 5.69 Å². The Labute approximate surface area is 166 Å². The molecule has 0 aliphatic rings. The number of nitro benzene ring substituents is 1. The third kappa shape index (κ3) is 4.54. The van der Waals surface area contributed by atoms with Crippen LogP contribution in [0, 0.1) is 17.0 Å². The molecule has 0 atom stereocenters. The van der Waals surface area contributed by atoms with Gasteiger partial charge in [0, 0.05) is 28.8 Å². The third-order valence-corrected chi connectivity index (χ3v) is 4.17. The molecular weight excluding hydrogens is 407 g/mol. The molecule has 2 amide bonds. The fourth-order valence-electron chi connectivity index (χ4n) is 2.65. The molecule has 0 aliphatic heterocycles. The third-order valence-electron chi connectivity index (χ3n) is 4.17. The van der Waals surface area contributed by atoms with Crippen LogP contribution in [0.25, 0.3) is 10.9 Å². The van der Waals surface area contributed by atoms with Gasteiger partial charge in [-0.1, -0.05) is 6.07 Å². The Bertz CT molecular complexity index is 1160. The van der Waals surface area contributed by atoms with Crippen LogP contribution in [0.4, 0.5) is 24.5 Å². The summed E-state index contributed by atoms with van der Waals surface area (Å²) in [5.41, 5.74) is 0.714. The van der Waals surface area contributed by atoms with Gasteiger partial charge in [-0.05, 0) is 30.7 Å². The zero-order chi connectivity index (χ0) is 22.1. The molecule has 0 bridgehead atoms. The number of aromatic amines is 1. The van der Waals surface area contributed by atoms with Gasteiger partial charge in [0.2, 0.25) is 0 Å². The van der Waals surface area contributed by atoms with Gasteiger partial charge in [0.1, 0.15) is 6.54 Å². The average Bonchev–Trinajstić information content (AvgIpc) is 3.10. The number of H-pyrrole nitrogens is 1. The van der Waals surface area contributed by atoms with Gasteiger partial charge in [-0.3, -0.25) is 24.8 Å². The molecule has 0 aliphatic carbocycles. The van der Waals surface area contributed by atoms with E-state index < -0.39 is 29.5 Å². The lowest BCUT2D eigenvalue weighted by Crippen LogP contribution is -2.33. The van der Waals surface area contributed by atoms with E-state index in [-0.39, 0.29) is 28.0 Å². The first-order valence-corrected chi connectivity index (χ1v) is 8.44. The monoisotopic (exact) mass is 421 g/mol. The van der Waals surface area contributed by atoms with Crippen molar-refractivity contribution in [3.63, 3.8) is 0 Å². The van der Waals surface area contributed by atoms with Gasteiger partial charge in [-0.2, -0.15) is 18.3 Å². The van der Waals surface area contributed by atoms with Crippen LogP contribution in [0.1, 0.15) is 26.4 Å². The maximum Gasteiger partial charge on any atom is 0.405 e. The van der Waals surface area contributed by atoms with Crippen LogP contribution in [0.3, 0.4) is 0 Å². The summed E-state index contributed by atoms with van der Waals surface area (Å²) in [5.74, 6) is -1.67. The Morgan fingerprint density at radius 1 is 1.17 bits per heavy atom. The first kappa shape index (κ1) is 20.8. The van der Waals surface area contributed by atoms with Crippen LogP contribution in [0.5, 0.6) is 0 Å². The van der Waals surface area contributed by atoms with E-state index in [0.717, 1.165) is 0 Å². The molecule has 3 rings (SSSR count). The van der Waals surface area contributed by atoms with Crippen molar-refractivity contribution in [2.45, 2.75) is 13.1 Å². The first-order valence-electron chi connectivity index (χ1n) is 8.44. The predicted molar refractivity (Wildman–Crippen MR) is 100 cm³/mol. The number of alkyl halides is 3. The smallest absolute Gasteiger partial charge is 0.343 e. The van der Waals surface area contributed by atoms with E-state index in [1.54, 1.807) is 12.2 Å². The highest BCUT2D eigenvalue weighted by atomic mass is 19.4. The summed E-state index contributed by atoms with van der Waals surface area (Å²) in [6, 6.07) is 7.89. The zero-order valence-electron chi connectivity index (χ0n) is 15.3. The second kappa shape index (κ2) is 7.81. The minimum atomic E-state index is -4.55. The summed E-state index contributed by atoms with van der Waals surface area (Å²) in [6.45, 7) is 0.139. The molecule has 0 unspecified atom stereocenters. The second-order valence-electron chi connectivity index (χ2n) is 6.34. The molecule has 0 saturated carbocycles. The largest absolute Gasteiger partial charge is 0.405 e. The van der Waals surface area contributed by atoms with Crippen LogP contribution in [-0.2, 0) is 0 Å². The average molecular weight is 421 g/mol. The van der Waals surface area contributed by atoms with E-state index in [0.29, 0.717) is 11.1 Å². The van der Waals surface area contributed by atoms with E-state index in [1.165, 1.54) is 36.4 Å². The Morgan fingerprint density at radius 3 is 2.57 bits per heavy atom. The number of rotatable bonds is 5. The zero-order valence-corrected chi connectivity index (χ0v) is 15.3. The molecule has 3 aromatic rings. The number of carbonyl (C=O) groups excluding carboxylic acids is 2. The Kier molecular flexibility index (Phi) is 5.41. The summed E-state index contributed by atoms with van der Waals surface area (Å²) >= 11 is 0. The number of halogens is 3. The van der Waals surface area contributed by atoms with E-state index in [2.05, 4.69) is 15.5 Å². The van der Waals surface area contributed by atoms with Gasteiger partial charge >= 0.3 is 6.18 Å². The van der Waals surface area contributed by atoms with Gasteiger partial charge < -0.3 is 10.6 Å². The standard InChI is InChI=1S/C18H14F3N5O4/c1-9-2-3-10(16(27)22-8-18(19,20)21)6-14(9)23-17(28)15-12-7-11(26(29)30)4-5-13(12)24-25-15/h2-7H,8H2,1H3,(H,22,27)(H,23,28)(H,24,25). The maximum absolute atomic E-state index is 12.6. The van der Waals surface area contributed by atoms with Crippen molar-refractivity contribution in [1.29, 1.82) is 0 Å². The van der Waals surface area contributed by atoms with Crippen molar-refractivity contribution in [3.8, 4) is 0 Å². The molecule has 3 N–H and O–H groups in total. The van der Waals surface area contributed by atoms with Crippen molar-refractivity contribution < 1.29 is 27.7 Å². The number of hydrogen-bond donors (Lipinski definition) is 3. The van der Waals surface area contributed by atoms with Crippen molar-refractivity contribution in [1.82, 2.24) is 15.5 Å². The minimum absolute atomic E-state index is 0.0809. The Balaban J connectivity index is 1.85.